The van der Waals surface area contributed by atoms with Crippen LogP contribution >= 0.6 is 0 Å². The number of hydrogen-bond acceptors (Lipinski definition) is 3. The third-order valence-corrected chi connectivity index (χ3v) is 6.25. The predicted octanol–water partition coefficient (Wildman–Crippen LogP) is 6.44. The molecule has 1 unspecified atom stereocenters. The molecule has 34 heavy (non-hydrogen) atoms. The molecule has 0 aromatic heterocycles. The lowest BCUT2D eigenvalue weighted by molar-refractivity contribution is -0.137. The third-order valence-electron chi connectivity index (χ3n) is 6.25. The Balaban J connectivity index is 1.41. The zero-order chi connectivity index (χ0) is 23.9. The normalized spacial score (nSPS) is 15.1. The second-order valence-corrected chi connectivity index (χ2v) is 8.53. The fourth-order valence-electron chi connectivity index (χ4n) is 4.58. The summed E-state index contributed by atoms with van der Waals surface area (Å²) in [4.78, 5) is 11.1. The molecule has 0 bridgehead atoms. The highest BCUT2D eigenvalue weighted by Crippen LogP contribution is 2.37. The first-order chi connectivity index (χ1) is 16.6. The van der Waals surface area contributed by atoms with Crippen LogP contribution in [0.2, 0.25) is 0 Å². The van der Waals surface area contributed by atoms with Crippen LogP contribution in [0.25, 0.3) is 11.1 Å². The maximum Gasteiger partial charge on any atom is 0.304 e. The molecule has 0 amide bonds. The van der Waals surface area contributed by atoms with Gasteiger partial charge in [-0.25, -0.2) is 0 Å². The van der Waals surface area contributed by atoms with Gasteiger partial charge in [-0.2, -0.15) is 0 Å². The quantitative estimate of drug-likeness (QED) is 0.378. The van der Waals surface area contributed by atoms with Gasteiger partial charge in [0.25, 0.3) is 0 Å². The zero-order valence-corrected chi connectivity index (χ0v) is 19.7. The minimum absolute atomic E-state index is 0.00217. The standard InChI is InChI=1S/C30H30O4/c1-3-6-22(19-30(31)32)21-11-14-27(15-12-21)34-20-26-10-9-25-17-24(13-16-29(25)26)23-7-5-8-28(18-23)33-4-2/h5,7-8,11-18,22,26H,4,9-10,19-20H2,1-2H3,(H,31,32)/t22-,26?/m1/s1. The van der Waals surface area contributed by atoms with Crippen LogP contribution in [0, 0.1) is 11.8 Å². The van der Waals surface area contributed by atoms with E-state index in [0.29, 0.717) is 19.1 Å². The highest BCUT2D eigenvalue weighted by molar-refractivity contribution is 5.69. The molecule has 4 nitrogen and oxygen atoms in total. The number of carbonyl (C=O) groups is 1. The van der Waals surface area contributed by atoms with Gasteiger partial charge in [0, 0.05) is 5.92 Å². The molecule has 2 atom stereocenters. The summed E-state index contributed by atoms with van der Waals surface area (Å²) >= 11 is 0. The Morgan fingerprint density at radius 3 is 2.56 bits per heavy atom. The van der Waals surface area contributed by atoms with E-state index in [9.17, 15) is 4.79 Å². The van der Waals surface area contributed by atoms with Crippen molar-refractivity contribution in [2.45, 2.75) is 44.9 Å². The summed E-state index contributed by atoms with van der Waals surface area (Å²) in [6, 6.07) is 22.6. The summed E-state index contributed by atoms with van der Waals surface area (Å²) in [6.45, 7) is 5.01. The average Bonchev–Trinajstić information content (AvgIpc) is 3.25. The second-order valence-electron chi connectivity index (χ2n) is 8.53. The molecule has 3 aromatic carbocycles. The molecule has 1 aliphatic carbocycles. The van der Waals surface area contributed by atoms with Crippen LogP contribution < -0.4 is 9.47 Å². The number of aryl methyl sites for hydroxylation is 1. The molecule has 0 saturated carbocycles. The smallest absolute Gasteiger partial charge is 0.304 e. The van der Waals surface area contributed by atoms with Gasteiger partial charge in [-0.15, -0.1) is 5.92 Å². The van der Waals surface area contributed by atoms with E-state index in [1.165, 1.54) is 22.3 Å². The topological polar surface area (TPSA) is 55.8 Å². The van der Waals surface area contributed by atoms with Crippen LogP contribution in [0.5, 0.6) is 11.5 Å². The van der Waals surface area contributed by atoms with Gasteiger partial charge in [-0.1, -0.05) is 48.4 Å². The monoisotopic (exact) mass is 454 g/mol. The Hall–Kier alpha value is -3.71. The molecule has 1 aliphatic rings. The van der Waals surface area contributed by atoms with Crippen LogP contribution in [0.4, 0.5) is 0 Å². The minimum Gasteiger partial charge on any atom is -0.494 e. The summed E-state index contributed by atoms with van der Waals surface area (Å²) in [5, 5.41) is 9.13. The van der Waals surface area contributed by atoms with Crippen molar-refractivity contribution >= 4 is 5.97 Å². The number of ether oxygens (including phenoxy) is 2. The summed E-state index contributed by atoms with van der Waals surface area (Å²) in [7, 11) is 0. The Labute approximate surface area is 201 Å². The Kier molecular flexibility index (Phi) is 7.54. The first-order valence-corrected chi connectivity index (χ1v) is 11.8. The first kappa shape index (κ1) is 23.4. The highest BCUT2D eigenvalue weighted by Gasteiger charge is 2.23. The van der Waals surface area contributed by atoms with Crippen LogP contribution in [-0.2, 0) is 11.2 Å². The maximum atomic E-state index is 11.1. The fourth-order valence-corrected chi connectivity index (χ4v) is 4.58. The molecule has 174 valence electrons. The van der Waals surface area contributed by atoms with Crippen LogP contribution in [-0.4, -0.2) is 24.3 Å². The zero-order valence-electron chi connectivity index (χ0n) is 19.7. The molecule has 0 spiro atoms. The van der Waals surface area contributed by atoms with Gasteiger partial charge in [0.1, 0.15) is 11.5 Å². The van der Waals surface area contributed by atoms with Crippen molar-refractivity contribution in [1.29, 1.82) is 0 Å². The number of carboxylic acid groups (broad SMARTS) is 1. The lowest BCUT2D eigenvalue weighted by Crippen LogP contribution is -2.08. The SMILES string of the molecule is CC#C[C@H](CC(=O)O)c1ccc(OCC2CCc3cc(-c4cccc(OCC)c4)ccc32)cc1. The summed E-state index contributed by atoms with van der Waals surface area (Å²) in [5.41, 5.74) is 6.03. The van der Waals surface area contributed by atoms with E-state index in [0.717, 1.165) is 29.9 Å². The Morgan fingerprint density at radius 1 is 1.03 bits per heavy atom. The van der Waals surface area contributed by atoms with Gasteiger partial charge in [-0.05, 0) is 78.8 Å². The summed E-state index contributed by atoms with van der Waals surface area (Å²) in [5.74, 6) is 6.71. The third kappa shape index (κ3) is 5.61. The minimum atomic E-state index is -0.849. The van der Waals surface area contributed by atoms with E-state index in [1.807, 2.05) is 43.3 Å². The van der Waals surface area contributed by atoms with E-state index >= 15 is 0 Å². The molecular formula is C30H30O4. The number of benzene rings is 3. The lowest BCUT2D eigenvalue weighted by Gasteiger charge is -2.15. The largest absolute Gasteiger partial charge is 0.494 e. The number of carboxylic acids is 1. The maximum absolute atomic E-state index is 11.1. The van der Waals surface area contributed by atoms with E-state index in [-0.39, 0.29) is 12.3 Å². The molecule has 3 aromatic rings. The number of rotatable bonds is 9. The van der Waals surface area contributed by atoms with Gasteiger partial charge in [0.2, 0.25) is 0 Å². The van der Waals surface area contributed by atoms with Gasteiger partial charge in [0.05, 0.1) is 25.6 Å². The summed E-state index contributed by atoms with van der Waals surface area (Å²) in [6.07, 6.45) is 2.12. The van der Waals surface area contributed by atoms with Crippen LogP contribution in [0.15, 0.2) is 66.7 Å². The van der Waals surface area contributed by atoms with Crippen molar-refractivity contribution in [1.82, 2.24) is 0 Å². The molecular weight excluding hydrogens is 424 g/mol. The van der Waals surface area contributed by atoms with Gasteiger partial charge < -0.3 is 14.6 Å². The number of fused-ring (bicyclic) bond motifs is 1. The van der Waals surface area contributed by atoms with Gasteiger partial charge >= 0.3 is 5.97 Å². The Bertz CT molecular complexity index is 1200. The van der Waals surface area contributed by atoms with E-state index < -0.39 is 5.97 Å². The van der Waals surface area contributed by atoms with Crippen LogP contribution in [0.3, 0.4) is 0 Å². The van der Waals surface area contributed by atoms with E-state index in [2.05, 4.69) is 42.2 Å². The molecule has 0 saturated heterocycles. The van der Waals surface area contributed by atoms with E-state index in [1.54, 1.807) is 6.92 Å². The summed E-state index contributed by atoms with van der Waals surface area (Å²) < 4.78 is 11.8. The van der Waals surface area contributed by atoms with Crippen molar-refractivity contribution < 1.29 is 19.4 Å². The molecule has 0 fully saturated rings. The first-order valence-electron chi connectivity index (χ1n) is 11.8. The van der Waals surface area contributed by atoms with Gasteiger partial charge in [-0.3, -0.25) is 4.79 Å². The molecule has 0 radical (unpaired) electrons. The van der Waals surface area contributed by atoms with Gasteiger partial charge in [0.15, 0.2) is 0 Å². The second kappa shape index (κ2) is 10.9. The van der Waals surface area contributed by atoms with E-state index in [4.69, 9.17) is 14.6 Å². The number of aliphatic carboxylic acids is 1. The molecule has 0 heterocycles. The molecule has 4 rings (SSSR count). The van der Waals surface area contributed by atoms with Crippen LogP contribution in [0.1, 0.15) is 55.2 Å². The van der Waals surface area contributed by atoms with Crippen molar-refractivity contribution in [3.63, 3.8) is 0 Å². The van der Waals surface area contributed by atoms with Crippen molar-refractivity contribution in [2.75, 3.05) is 13.2 Å². The number of hydrogen-bond donors (Lipinski definition) is 1. The lowest BCUT2D eigenvalue weighted by atomic mass is 9.96. The molecule has 0 aliphatic heterocycles. The Morgan fingerprint density at radius 2 is 1.82 bits per heavy atom. The predicted molar refractivity (Wildman–Crippen MR) is 134 cm³/mol. The molecule has 1 N–H and O–H groups in total. The highest BCUT2D eigenvalue weighted by atomic mass is 16.5. The molecule has 4 heteroatoms. The van der Waals surface area contributed by atoms with Crippen molar-refractivity contribution in [3.05, 3.63) is 83.4 Å². The van der Waals surface area contributed by atoms with Crippen molar-refractivity contribution in [2.24, 2.45) is 0 Å². The van der Waals surface area contributed by atoms with Crippen molar-refractivity contribution in [3.8, 4) is 34.5 Å². The average molecular weight is 455 g/mol. The fraction of sp³-hybridized carbons (Fsp3) is 0.300.